The van der Waals surface area contributed by atoms with Gasteiger partial charge in [-0.3, -0.25) is 0 Å². The maximum absolute atomic E-state index is 9.42. The van der Waals surface area contributed by atoms with Gasteiger partial charge < -0.3 is 14.6 Å². The predicted molar refractivity (Wildman–Crippen MR) is 110 cm³/mol. The van der Waals surface area contributed by atoms with Crippen molar-refractivity contribution in [3.05, 3.63) is 83.4 Å². The van der Waals surface area contributed by atoms with Gasteiger partial charge >= 0.3 is 0 Å². The second kappa shape index (κ2) is 8.67. The molecule has 0 aliphatic carbocycles. The van der Waals surface area contributed by atoms with E-state index in [1.807, 2.05) is 11.6 Å². The van der Waals surface area contributed by atoms with Crippen molar-refractivity contribution in [2.24, 2.45) is 7.05 Å². The first-order valence-electron chi connectivity index (χ1n) is 10.1. The molecule has 2 aromatic carbocycles. The summed E-state index contributed by atoms with van der Waals surface area (Å²) in [5.41, 5.74) is 2.72. The Balaban J connectivity index is 1.54. The van der Waals surface area contributed by atoms with Crippen molar-refractivity contribution >= 4 is 0 Å². The van der Waals surface area contributed by atoms with Crippen LogP contribution in [0.3, 0.4) is 0 Å². The number of likely N-dealkylation sites (tertiary alicyclic amines) is 1. The molecule has 1 aliphatic rings. The normalized spacial score (nSPS) is 17.9. The lowest BCUT2D eigenvalue weighted by atomic mass is 9.89. The van der Waals surface area contributed by atoms with Crippen LogP contribution in [0.25, 0.3) is 0 Å². The Labute approximate surface area is 166 Å². The summed E-state index contributed by atoms with van der Waals surface area (Å²) in [6, 6.07) is 21.6. The fourth-order valence-corrected chi connectivity index (χ4v) is 4.33. The third-order valence-corrected chi connectivity index (χ3v) is 5.86. The molecular weight excluding hydrogens is 348 g/mol. The molecule has 1 N–H and O–H groups in total. The molecule has 0 unspecified atom stereocenters. The number of piperidine rings is 1. The molecule has 2 heterocycles. The van der Waals surface area contributed by atoms with E-state index in [4.69, 9.17) is 0 Å². The Kier molecular flexibility index (Phi) is 5.84. The monoisotopic (exact) mass is 376 g/mol. The smallest absolute Gasteiger partial charge is 0.158 e. The van der Waals surface area contributed by atoms with Crippen LogP contribution in [0.15, 0.2) is 60.7 Å². The van der Waals surface area contributed by atoms with E-state index < -0.39 is 0 Å². The molecule has 0 bridgehead atoms. The first kappa shape index (κ1) is 18.8. The molecule has 0 saturated carbocycles. The van der Waals surface area contributed by atoms with Crippen LogP contribution >= 0.6 is 0 Å². The van der Waals surface area contributed by atoms with Crippen LogP contribution in [-0.2, 0) is 13.7 Å². The highest BCUT2D eigenvalue weighted by Crippen LogP contribution is 2.30. The molecule has 1 aromatic heterocycles. The lowest BCUT2D eigenvalue weighted by Gasteiger charge is -2.35. The number of aromatic nitrogens is 3. The summed E-state index contributed by atoms with van der Waals surface area (Å²) in [6.45, 7) is 3.02. The van der Waals surface area contributed by atoms with Crippen LogP contribution in [0, 0.1) is 0 Å². The molecular formula is C23H28N4O. The van der Waals surface area contributed by atoms with E-state index in [-0.39, 0.29) is 6.61 Å². The molecule has 3 aromatic rings. The number of benzene rings is 2. The number of hydrogen-bond donors (Lipinski definition) is 1. The first-order valence-corrected chi connectivity index (χ1v) is 10.1. The summed E-state index contributed by atoms with van der Waals surface area (Å²) in [5, 5.41) is 17.9. The molecule has 4 rings (SSSR count). The average Bonchev–Trinajstić information content (AvgIpc) is 3.14. The van der Waals surface area contributed by atoms with Crippen LogP contribution in [0.1, 0.15) is 47.5 Å². The van der Waals surface area contributed by atoms with Crippen LogP contribution in [0.5, 0.6) is 0 Å². The van der Waals surface area contributed by atoms with Gasteiger partial charge in [0.05, 0.1) is 0 Å². The van der Waals surface area contributed by atoms with E-state index in [1.54, 1.807) is 0 Å². The van der Waals surface area contributed by atoms with E-state index in [0.29, 0.717) is 17.7 Å². The fraction of sp³-hybridized carbons (Fsp3) is 0.391. The van der Waals surface area contributed by atoms with E-state index in [1.165, 1.54) is 11.1 Å². The fourth-order valence-electron chi connectivity index (χ4n) is 4.33. The molecule has 1 aliphatic heterocycles. The standard InChI is InChI=1S/C23H28N4O/c1-26-22(17-28)24-25-23(26)20-13-8-14-27(15-20)16-21(18-9-4-2-5-10-18)19-11-6-3-7-12-19/h2-7,9-12,20-21,28H,8,13-17H2,1H3/t20-/m0/s1. The van der Waals surface area contributed by atoms with Crippen molar-refractivity contribution in [3.63, 3.8) is 0 Å². The average molecular weight is 377 g/mol. The molecule has 0 amide bonds. The van der Waals surface area contributed by atoms with E-state index >= 15 is 0 Å². The maximum atomic E-state index is 9.42. The maximum Gasteiger partial charge on any atom is 0.158 e. The minimum atomic E-state index is -0.0655. The predicted octanol–water partition coefficient (Wildman–Crippen LogP) is 3.32. The summed E-state index contributed by atoms with van der Waals surface area (Å²) in [6.07, 6.45) is 2.28. The summed E-state index contributed by atoms with van der Waals surface area (Å²) in [4.78, 5) is 2.56. The first-order chi connectivity index (χ1) is 13.8. The largest absolute Gasteiger partial charge is 0.388 e. The minimum Gasteiger partial charge on any atom is -0.388 e. The van der Waals surface area contributed by atoms with Crippen molar-refractivity contribution in [2.75, 3.05) is 19.6 Å². The van der Waals surface area contributed by atoms with Gasteiger partial charge in [0.2, 0.25) is 0 Å². The second-order valence-electron chi connectivity index (χ2n) is 7.66. The van der Waals surface area contributed by atoms with Gasteiger partial charge in [0.25, 0.3) is 0 Å². The number of hydrogen-bond acceptors (Lipinski definition) is 4. The Bertz CT molecular complexity index is 839. The number of rotatable bonds is 6. The van der Waals surface area contributed by atoms with Gasteiger partial charge in [-0.25, -0.2) is 0 Å². The Morgan fingerprint density at radius 1 is 1.00 bits per heavy atom. The van der Waals surface area contributed by atoms with Crippen molar-refractivity contribution in [2.45, 2.75) is 31.3 Å². The quantitative estimate of drug-likeness (QED) is 0.717. The molecule has 0 radical (unpaired) electrons. The Morgan fingerprint density at radius 3 is 2.21 bits per heavy atom. The SMILES string of the molecule is Cn1c(CO)nnc1[C@H]1CCCN(CC(c2ccccc2)c2ccccc2)C1. The zero-order valence-electron chi connectivity index (χ0n) is 16.4. The van der Waals surface area contributed by atoms with Gasteiger partial charge in [-0.2, -0.15) is 0 Å². The summed E-state index contributed by atoms with van der Waals surface area (Å²) >= 11 is 0. The molecule has 146 valence electrons. The van der Waals surface area contributed by atoms with Gasteiger partial charge in [-0.05, 0) is 30.5 Å². The summed E-state index contributed by atoms with van der Waals surface area (Å²) < 4.78 is 1.96. The van der Waals surface area contributed by atoms with Gasteiger partial charge in [0, 0.05) is 32.0 Å². The van der Waals surface area contributed by atoms with Crippen LogP contribution < -0.4 is 0 Å². The highest BCUT2D eigenvalue weighted by atomic mass is 16.3. The zero-order valence-corrected chi connectivity index (χ0v) is 16.4. The zero-order chi connectivity index (χ0) is 19.3. The van der Waals surface area contributed by atoms with Gasteiger partial charge in [-0.15, -0.1) is 10.2 Å². The van der Waals surface area contributed by atoms with Gasteiger partial charge in [0.15, 0.2) is 5.82 Å². The molecule has 1 saturated heterocycles. The minimum absolute atomic E-state index is 0.0655. The third kappa shape index (κ3) is 4.01. The van der Waals surface area contributed by atoms with E-state index in [2.05, 4.69) is 75.8 Å². The van der Waals surface area contributed by atoms with Crippen molar-refractivity contribution in [1.29, 1.82) is 0 Å². The summed E-state index contributed by atoms with van der Waals surface area (Å²) in [5.74, 6) is 2.34. The van der Waals surface area contributed by atoms with E-state index in [0.717, 1.165) is 38.3 Å². The number of aliphatic hydroxyl groups excluding tert-OH is 1. The van der Waals surface area contributed by atoms with E-state index in [9.17, 15) is 5.11 Å². The molecule has 28 heavy (non-hydrogen) atoms. The lowest BCUT2D eigenvalue weighted by Crippen LogP contribution is -2.38. The van der Waals surface area contributed by atoms with Crippen LogP contribution in [-0.4, -0.2) is 44.4 Å². The number of aliphatic hydroxyl groups is 1. The molecule has 5 heteroatoms. The van der Waals surface area contributed by atoms with Crippen molar-refractivity contribution in [3.8, 4) is 0 Å². The Hall–Kier alpha value is -2.50. The van der Waals surface area contributed by atoms with Crippen LogP contribution in [0.2, 0.25) is 0 Å². The van der Waals surface area contributed by atoms with Crippen LogP contribution in [0.4, 0.5) is 0 Å². The molecule has 1 fully saturated rings. The van der Waals surface area contributed by atoms with Gasteiger partial charge in [-0.1, -0.05) is 60.7 Å². The van der Waals surface area contributed by atoms with Crippen molar-refractivity contribution < 1.29 is 5.11 Å². The topological polar surface area (TPSA) is 54.2 Å². The second-order valence-corrected chi connectivity index (χ2v) is 7.66. The van der Waals surface area contributed by atoms with Gasteiger partial charge in [0.1, 0.15) is 12.4 Å². The number of nitrogens with zero attached hydrogens (tertiary/aromatic N) is 4. The highest BCUT2D eigenvalue weighted by Gasteiger charge is 2.28. The molecule has 1 atom stereocenters. The molecule has 5 nitrogen and oxygen atoms in total. The Morgan fingerprint density at radius 2 is 1.64 bits per heavy atom. The summed E-state index contributed by atoms with van der Waals surface area (Å²) in [7, 11) is 1.95. The third-order valence-electron chi connectivity index (χ3n) is 5.86. The lowest BCUT2D eigenvalue weighted by molar-refractivity contribution is 0.197. The molecule has 0 spiro atoms. The van der Waals surface area contributed by atoms with Crippen molar-refractivity contribution in [1.82, 2.24) is 19.7 Å². The highest BCUT2D eigenvalue weighted by molar-refractivity contribution is 5.32.